The number of aromatic nitrogens is 3. The first-order chi connectivity index (χ1) is 6.70. The summed E-state index contributed by atoms with van der Waals surface area (Å²) in [7, 11) is 0. The number of nitrogens with zero attached hydrogens (tertiary/aromatic N) is 3. The van der Waals surface area contributed by atoms with Gasteiger partial charge in [0.05, 0.1) is 12.8 Å². The highest BCUT2D eigenvalue weighted by Gasteiger charge is 2.38. The van der Waals surface area contributed by atoms with E-state index in [1.54, 1.807) is 0 Å². The van der Waals surface area contributed by atoms with Gasteiger partial charge in [0, 0.05) is 6.20 Å². The summed E-state index contributed by atoms with van der Waals surface area (Å²) in [5.41, 5.74) is 0. The lowest BCUT2D eigenvalue weighted by Gasteiger charge is -2.34. The molecule has 4 unspecified atom stereocenters. The van der Waals surface area contributed by atoms with Crippen LogP contribution < -0.4 is 0 Å². The van der Waals surface area contributed by atoms with Gasteiger partial charge in [-0.2, -0.15) is 0 Å². The third kappa shape index (κ3) is 1.50. The second kappa shape index (κ2) is 3.62. The Hall–Kier alpha value is -1.02. The van der Waals surface area contributed by atoms with Crippen LogP contribution in [-0.4, -0.2) is 55.2 Å². The zero-order chi connectivity index (χ0) is 10.1. The highest BCUT2D eigenvalue weighted by molar-refractivity contribution is 4.85. The van der Waals surface area contributed by atoms with E-state index in [-0.39, 0.29) is 6.61 Å². The fraction of sp³-hybridized carbons (Fsp3) is 0.714. The molecular weight excluding hydrogens is 190 g/mol. The van der Waals surface area contributed by atoms with Crippen molar-refractivity contribution in [2.24, 2.45) is 0 Å². The van der Waals surface area contributed by atoms with Crippen molar-refractivity contribution in [2.75, 3.05) is 6.61 Å². The molecule has 1 aromatic heterocycles. The summed E-state index contributed by atoms with van der Waals surface area (Å²) in [5, 5.41) is 35.3. The predicted molar refractivity (Wildman–Crippen MR) is 43.0 cm³/mol. The molecule has 1 aromatic rings. The van der Waals surface area contributed by atoms with Crippen LogP contribution in [0.15, 0.2) is 12.4 Å². The van der Waals surface area contributed by atoms with Crippen molar-refractivity contribution in [1.29, 1.82) is 0 Å². The predicted octanol–water partition coefficient (Wildman–Crippen LogP) is -2.11. The normalized spacial score (nSPS) is 38.5. The van der Waals surface area contributed by atoms with Gasteiger partial charge in [-0.3, -0.25) is 0 Å². The van der Waals surface area contributed by atoms with Crippen LogP contribution in [0.3, 0.4) is 0 Å². The van der Waals surface area contributed by atoms with E-state index in [1.807, 2.05) is 0 Å². The summed E-state index contributed by atoms with van der Waals surface area (Å²) >= 11 is 0. The molecule has 0 aliphatic carbocycles. The van der Waals surface area contributed by atoms with Crippen LogP contribution in [0.5, 0.6) is 0 Å². The third-order valence-corrected chi connectivity index (χ3v) is 2.18. The summed E-state index contributed by atoms with van der Waals surface area (Å²) < 4.78 is 6.41. The van der Waals surface area contributed by atoms with Crippen LogP contribution in [0.2, 0.25) is 0 Å². The smallest absolute Gasteiger partial charge is 0.180 e. The van der Waals surface area contributed by atoms with Gasteiger partial charge in [-0.1, -0.05) is 5.21 Å². The van der Waals surface area contributed by atoms with E-state index in [0.29, 0.717) is 0 Å². The van der Waals surface area contributed by atoms with E-state index in [4.69, 9.17) is 4.74 Å². The number of ether oxygens (including phenoxy) is 1. The number of aliphatic hydroxyl groups is 3. The van der Waals surface area contributed by atoms with Crippen LogP contribution in [0.1, 0.15) is 6.23 Å². The standard InChI is InChI=1S/C7H11N3O4/c11-4-3-14-7(6(13)5(4)12)10-2-1-8-9-10/h1-2,4-7,11-13H,3H2. The Morgan fingerprint density at radius 3 is 2.71 bits per heavy atom. The first-order valence-corrected chi connectivity index (χ1v) is 4.22. The minimum atomic E-state index is -1.22. The largest absolute Gasteiger partial charge is 0.388 e. The average Bonchev–Trinajstić information content (AvgIpc) is 2.67. The minimum Gasteiger partial charge on any atom is -0.388 e. The Balaban J connectivity index is 2.14. The molecule has 7 heteroatoms. The summed E-state index contributed by atoms with van der Waals surface area (Å²) in [5.74, 6) is 0. The lowest BCUT2D eigenvalue weighted by molar-refractivity contribution is -0.214. The maximum atomic E-state index is 9.56. The second-order valence-electron chi connectivity index (χ2n) is 3.16. The lowest BCUT2D eigenvalue weighted by Crippen LogP contribution is -2.50. The van der Waals surface area contributed by atoms with Crippen molar-refractivity contribution in [3.63, 3.8) is 0 Å². The molecule has 1 aliphatic rings. The Labute approximate surface area is 79.5 Å². The highest BCUT2D eigenvalue weighted by atomic mass is 16.5. The van der Waals surface area contributed by atoms with Gasteiger partial charge >= 0.3 is 0 Å². The number of rotatable bonds is 1. The minimum absolute atomic E-state index is 0.0389. The number of hydrogen-bond donors (Lipinski definition) is 3. The number of aliphatic hydroxyl groups excluding tert-OH is 3. The molecule has 2 rings (SSSR count). The molecule has 0 bridgehead atoms. The molecule has 0 aromatic carbocycles. The van der Waals surface area contributed by atoms with E-state index in [1.165, 1.54) is 17.1 Å². The quantitative estimate of drug-likeness (QED) is 0.480. The SMILES string of the molecule is OC1COC(n2ccnn2)C(O)C1O. The Kier molecular flexibility index (Phi) is 2.46. The monoisotopic (exact) mass is 201 g/mol. The fourth-order valence-corrected chi connectivity index (χ4v) is 1.38. The molecule has 14 heavy (non-hydrogen) atoms. The van der Waals surface area contributed by atoms with E-state index in [2.05, 4.69) is 10.3 Å². The van der Waals surface area contributed by atoms with Crippen molar-refractivity contribution in [2.45, 2.75) is 24.5 Å². The van der Waals surface area contributed by atoms with Gasteiger partial charge in [0.15, 0.2) is 6.23 Å². The van der Waals surface area contributed by atoms with Crippen LogP contribution in [0.4, 0.5) is 0 Å². The van der Waals surface area contributed by atoms with Gasteiger partial charge in [-0.25, -0.2) is 4.68 Å². The van der Waals surface area contributed by atoms with Crippen molar-refractivity contribution in [3.05, 3.63) is 12.4 Å². The van der Waals surface area contributed by atoms with Crippen molar-refractivity contribution < 1.29 is 20.1 Å². The first kappa shape index (κ1) is 9.53. The third-order valence-electron chi connectivity index (χ3n) is 2.18. The summed E-state index contributed by atoms with van der Waals surface area (Å²) in [6, 6.07) is 0. The summed E-state index contributed by atoms with van der Waals surface area (Å²) in [4.78, 5) is 0. The van der Waals surface area contributed by atoms with Crippen LogP contribution in [0.25, 0.3) is 0 Å². The molecule has 0 spiro atoms. The zero-order valence-electron chi connectivity index (χ0n) is 7.26. The lowest BCUT2D eigenvalue weighted by atomic mass is 10.0. The summed E-state index contributed by atoms with van der Waals surface area (Å²) in [6.45, 7) is -0.0389. The Bertz CT molecular complexity index is 291. The molecule has 0 saturated carbocycles. The van der Waals surface area contributed by atoms with Crippen LogP contribution in [-0.2, 0) is 4.74 Å². The van der Waals surface area contributed by atoms with E-state index >= 15 is 0 Å². The molecule has 0 amide bonds. The Morgan fingerprint density at radius 2 is 2.07 bits per heavy atom. The second-order valence-corrected chi connectivity index (χ2v) is 3.16. The van der Waals surface area contributed by atoms with Crippen LogP contribution >= 0.6 is 0 Å². The van der Waals surface area contributed by atoms with Gasteiger partial charge in [0.1, 0.15) is 18.3 Å². The molecule has 78 valence electrons. The average molecular weight is 201 g/mol. The van der Waals surface area contributed by atoms with Gasteiger partial charge in [0.25, 0.3) is 0 Å². The molecule has 1 fully saturated rings. The summed E-state index contributed by atoms with van der Waals surface area (Å²) in [6.07, 6.45) is -1.34. The molecule has 3 N–H and O–H groups in total. The van der Waals surface area contributed by atoms with Gasteiger partial charge in [-0.15, -0.1) is 5.10 Å². The molecule has 1 saturated heterocycles. The Morgan fingerprint density at radius 1 is 1.29 bits per heavy atom. The number of hydrogen-bond acceptors (Lipinski definition) is 6. The van der Waals surface area contributed by atoms with Crippen LogP contribution in [0, 0.1) is 0 Å². The molecule has 4 atom stereocenters. The molecular formula is C7H11N3O4. The maximum absolute atomic E-state index is 9.56. The van der Waals surface area contributed by atoms with Crippen molar-refractivity contribution >= 4 is 0 Å². The van der Waals surface area contributed by atoms with Gasteiger partial charge < -0.3 is 20.1 Å². The van der Waals surface area contributed by atoms with E-state index < -0.39 is 24.5 Å². The molecule has 1 aliphatic heterocycles. The maximum Gasteiger partial charge on any atom is 0.180 e. The highest BCUT2D eigenvalue weighted by Crippen LogP contribution is 2.22. The first-order valence-electron chi connectivity index (χ1n) is 4.22. The topological polar surface area (TPSA) is 101 Å². The van der Waals surface area contributed by atoms with Crippen molar-refractivity contribution in [3.8, 4) is 0 Å². The van der Waals surface area contributed by atoms with Gasteiger partial charge in [0.2, 0.25) is 0 Å². The van der Waals surface area contributed by atoms with E-state index in [9.17, 15) is 15.3 Å². The molecule has 0 radical (unpaired) electrons. The zero-order valence-corrected chi connectivity index (χ0v) is 7.26. The molecule has 7 nitrogen and oxygen atoms in total. The van der Waals surface area contributed by atoms with Crippen molar-refractivity contribution in [1.82, 2.24) is 15.0 Å². The van der Waals surface area contributed by atoms with Gasteiger partial charge in [-0.05, 0) is 0 Å². The fourth-order valence-electron chi connectivity index (χ4n) is 1.38. The van der Waals surface area contributed by atoms with E-state index in [0.717, 1.165) is 0 Å². The molecule has 2 heterocycles.